The fraction of sp³-hybridized carbons (Fsp3) is 0.600. The Morgan fingerprint density at radius 3 is 2.62 bits per heavy atom. The van der Waals surface area contributed by atoms with Crippen molar-refractivity contribution in [2.45, 2.75) is 78.1 Å². The van der Waals surface area contributed by atoms with Crippen molar-refractivity contribution >= 4 is 17.2 Å². The first-order valence-electron chi connectivity index (χ1n) is 15.3. The Hall–Kier alpha value is -2.84. The summed E-state index contributed by atoms with van der Waals surface area (Å²) in [6.45, 7) is 8.99. The number of fused-ring (bicyclic) bond motifs is 4. The summed E-state index contributed by atoms with van der Waals surface area (Å²) in [5.74, 6) is 8.33. The summed E-state index contributed by atoms with van der Waals surface area (Å²) < 4.78 is 5.43. The van der Waals surface area contributed by atoms with Gasteiger partial charge in [0.1, 0.15) is 6.61 Å². The van der Waals surface area contributed by atoms with E-state index in [0.717, 1.165) is 57.3 Å². The zero-order valence-electron chi connectivity index (χ0n) is 24.6. The van der Waals surface area contributed by atoms with Crippen LogP contribution in [0.25, 0.3) is 0 Å². The number of rotatable bonds is 5. The number of ether oxygens (including phenoxy) is 1. The molecule has 0 aromatic heterocycles. The molecule has 212 valence electrons. The summed E-state index contributed by atoms with van der Waals surface area (Å²) in [7, 11) is 1.62. The molecule has 1 aromatic carbocycles. The van der Waals surface area contributed by atoms with Crippen molar-refractivity contribution in [3.8, 4) is 11.8 Å². The summed E-state index contributed by atoms with van der Waals surface area (Å²) in [6.07, 6.45) is 10.2. The van der Waals surface area contributed by atoms with Crippen LogP contribution < -0.4 is 4.90 Å². The first-order chi connectivity index (χ1) is 19.4. The van der Waals surface area contributed by atoms with Crippen molar-refractivity contribution in [2.24, 2.45) is 33.7 Å². The molecule has 1 aliphatic heterocycles. The zero-order chi connectivity index (χ0) is 28.1. The molecule has 4 aliphatic carbocycles. The second-order valence-corrected chi connectivity index (χ2v) is 13.1. The number of oxime groups is 1. The van der Waals surface area contributed by atoms with Crippen LogP contribution in [-0.2, 0) is 9.53 Å². The zero-order valence-corrected chi connectivity index (χ0v) is 24.6. The number of benzene rings is 1. The number of hydrogen-bond acceptors (Lipinski definition) is 5. The van der Waals surface area contributed by atoms with E-state index in [0.29, 0.717) is 17.8 Å². The SMILES string of the molecule is CC#C[C@]1(C(=O)COC)CC[C@H]2[C@@H]3CC(C)C4=CC(=NO)CCC4=C3[C@@H](c3ccc(N4CCCC4)cc3)C[C@@]21C. The second-order valence-electron chi connectivity index (χ2n) is 13.1. The Morgan fingerprint density at radius 1 is 1.20 bits per heavy atom. The Bertz CT molecular complexity index is 1320. The first-order valence-corrected chi connectivity index (χ1v) is 15.3. The van der Waals surface area contributed by atoms with Crippen LogP contribution in [0.1, 0.15) is 83.6 Å². The summed E-state index contributed by atoms with van der Waals surface area (Å²) in [5, 5.41) is 13.2. The fourth-order valence-corrected chi connectivity index (χ4v) is 9.46. The number of anilines is 1. The Kier molecular flexibility index (Phi) is 7.20. The van der Waals surface area contributed by atoms with E-state index in [1.54, 1.807) is 12.7 Å². The van der Waals surface area contributed by atoms with E-state index in [2.05, 4.69) is 66.1 Å². The van der Waals surface area contributed by atoms with Gasteiger partial charge >= 0.3 is 0 Å². The quantitative estimate of drug-likeness (QED) is 0.250. The van der Waals surface area contributed by atoms with E-state index in [-0.39, 0.29) is 23.7 Å². The number of methoxy groups -OCH3 is 1. The van der Waals surface area contributed by atoms with Crippen LogP contribution >= 0.6 is 0 Å². The largest absolute Gasteiger partial charge is 0.411 e. The van der Waals surface area contributed by atoms with E-state index in [9.17, 15) is 10.0 Å². The molecule has 5 heteroatoms. The Morgan fingerprint density at radius 2 is 1.95 bits per heavy atom. The summed E-state index contributed by atoms with van der Waals surface area (Å²) >= 11 is 0. The van der Waals surface area contributed by atoms with Crippen LogP contribution in [0.3, 0.4) is 0 Å². The number of carbonyl (C=O) groups excluding carboxylic acids is 1. The maximum absolute atomic E-state index is 13.9. The molecule has 3 fully saturated rings. The maximum atomic E-state index is 13.9. The molecule has 0 spiro atoms. The highest BCUT2D eigenvalue weighted by Gasteiger charge is 2.65. The molecular weight excluding hydrogens is 496 g/mol. The van der Waals surface area contributed by atoms with Crippen LogP contribution in [0, 0.1) is 40.4 Å². The average molecular weight is 541 g/mol. The molecule has 1 unspecified atom stereocenters. The lowest BCUT2D eigenvalue weighted by Crippen LogP contribution is -2.51. The third kappa shape index (κ3) is 4.09. The fourth-order valence-electron chi connectivity index (χ4n) is 9.46. The molecule has 0 amide bonds. The standard InChI is InChI=1S/C35H44N2O3/c1-5-15-35(32(38)22-40-4)16-14-31-29-19-23(2)28-20-25(36-39)10-13-27(28)33(29)30(21-34(31,35)3)24-8-11-26(12-9-24)37-17-6-7-18-37/h8-9,11-12,20,23,29-31,39H,6-7,10,13-14,16-19,21-22H2,1-4H3/t23?,29-,30+,31-,34-,35+/m0/s1. The van der Waals surface area contributed by atoms with Gasteiger partial charge in [0.05, 0.1) is 11.1 Å². The summed E-state index contributed by atoms with van der Waals surface area (Å²) in [6, 6.07) is 9.35. The van der Waals surface area contributed by atoms with Gasteiger partial charge in [0.25, 0.3) is 0 Å². The molecule has 0 radical (unpaired) electrons. The highest BCUT2D eigenvalue weighted by atomic mass is 16.5. The van der Waals surface area contributed by atoms with Gasteiger partial charge in [-0.1, -0.05) is 42.6 Å². The predicted molar refractivity (Wildman–Crippen MR) is 160 cm³/mol. The van der Waals surface area contributed by atoms with Crippen molar-refractivity contribution in [3.05, 3.63) is 52.6 Å². The molecule has 0 bridgehead atoms. The van der Waals surface area contributed by atoms with Gasteiger partial charge in [-0.15, -0.1) is 5.92 Å². The third-order valence-corrected chi connectivity index (χ3v) is 11.3. The van der Waals surface area contributed by atoms with Gasteiger partial charge in [-0.2, -0.15) is 0 Å². The van der Waals surface area contributed by atoms with Crippen LogP contribution in [0.2, 0.25) is 0 Å². The van der Waals surface area contributed by atoms with Crippen LogP contribution in [0.4, 0.5) is 5.69 Å². The molecule has 6 atom stereocenters. The average Bonchev–Trinajstić information content (AvgIpc) is 3.60. The number of nitrogens with zero attached hydrogens (tertiary/aromatic N) is 2. The van der Waals surface area contributed by atoms with Gasteiger partial charge in [-0.05, 0) is 116 Å². The number of carbonyl (C=O) groups is 1. The number of ketones is 1. The molecule has 40 heavy (non-hydrogen) atoms. The van der Waals surface area contributed by atoms with Crippen molar-refractivity contribution in [2.75, 3.05) is 31.7 Å². The van der Waals surface area contributed by atoms with Gasteiger partial charge in [0.15, 0.2) is 5.78 Å². The summed E-state index contributed by atoms with van der Waals surface area (Å²) in [5.41, 5.74) is 7.01. The predicted octanol–water partition coefficient (Wildman–Crippen LogP) is 6.92. The minimum Gasteiger partial charge on any atom is -0.411 e. The molecule has 5 nitrogen and oxygen atoms in total. The molecule has 1 aromatic rings. The van der Waals surface area contributed by atoms with Gasteiger partial charge in [0, 0.05) is 31.8 Å². The lowest BCUT2D eigenvalue weighted by Gasteiger charge is -2.55. The van der Waals surface area contributed by atoms with Crippen molar-refractivity contribution in [1.82, 2.24) is 0 Å². The van der Waals surface area contributed by atoms with Crippen molar-refractivity contribution in [1.29, 1.82) is 0 Å². The number of hydrogen-bond donors (Lipinski definition) is 1. The minimum atomic E-state index is -0.672. The Labute approximate surface area is 239 Å². The second kappa shape index (κ2) is 10.5. The normalized spacial score (nSPS) is 36.0. The van der Waals surface area contributed by atoms with Gasteiger partial charge in [0.2, 0.25) is 0 Å². The molecule has 1 heterocycles. The van der Waals surface area contributed by atoms with E-state index in [1.807, 2.05) is 6.92 Å². The molecule has 1 N–H and O–H groups in total. The molecule has 1 saturated heterocycles. The first kappa shape index (κ1) is 27.3. The van der Waals surface area contributed by atoms with Crippen LogP contribution in [-0.4, -0.2) is 43.5 Å². The van der Waals surface area contributed by atoms with E-state index in [4.69, 9.17) is 4.74 Å². The van der Waals surface area contributed by atoms with Gasteiger partial charge in [-0.25, -0.2) is 0 Å². The van der Waals surface area contributed by atoms with Crippen LogP contribution in [0.5, 0.6) is 0 Å². The lowest BCUT2D eigenvalue weighted by atomic mass is 9.47. The van der Waals surface area contributed by atoms with E-state index < -0.39 is 5.41 Å². The smallest absolute Gasteiger partial charge is 0.176 e. The number of allylic oxidation sites excluding steroid dienone is 4. The lowest BCUT2D eigenvalue weighted by molar-refractivity contribution is -0.136. The van der Waals surface area contributed by atoms with E-state index >= 15 is 0 Å². The molecule has 2 saturated carbocycles. The maximum Gasteiger partial charge on any atom is 0.176 e. The number of Topliss-reactive ketones (excluding diaryl/α,β-unsaturated/α-hetero) is 1. The summed E-state index contributed by atoms with van der Waals surface area (Å²) in [4.78, 5) is 16.4. The molecule has 6 rings (SSSR count). The topological polar surface area (TPSA) is 62.1 Å². The highest BCUT2D eigenvalue weighted by molar-refractivity contribution is 5.97. The van der Waals surface area contributed by atoms with E-state index in [1.165, 1.54) is 35.2 Å². The monoisotopic (exact) mass is 540 g/mol. The highest BCUT2D eigenvalue weighted by Crippen LogP contribution is 2.70. The minimum absolute atomic E-state index is 0.122. The van der Waals surface area contributed by atoms with Gasteiger partial charge in [-0.3, -0.25) is 4.79 Å². The third-order valence-electron chi connectivity index (χ3n) is 11.3. The van der Waals surface area contributed by atoms with Gasteiger partial charge < -0.3 is 14.8 Å². The van der Waals surface area contributed by atoms with Crippen LogP contribution in [0.15, 0.2) is 52.2 Å². The molecule has 5 aliphatic rings. The van der Waals surface area contributed by atoms with Crippen molar-refractivity contribution in [3.63, 3.8) is 0 Å². The molecular formula is C35H44N2O3. The Balaban J connectivity index is 1.50. The van der Waals surface area contributed by atoms with Crippen molar-refractivity contribution < 1.29 is 14.7 Å².